The third-order valence-corrected chi connectivity index (χ3v) is 11.2. The third-order valence-electron chi connectivity index (χ3n) is 11.2. The van der Waals surface area contributed by atoms with E-state index in [2.05, 4.69) is 179 Å². The van der Waals surface area contributed by atoms with Gasteiger partial charge in [0.2, 0.25) is 5.95 Å². The standard InChI is InChI=1S/C51H31N5O/c1-2-12-32(13-3-1)33-22-24-34(25-23-33)49-52-50(54-51(53-49)56-44-19-9-5-14-37(44)38-15-6-10-20-45(38)56)35-26-28-40-39-16-4-8-18-43(39)55(46(40)30-35)36-27-29-48-42(31-36)41-17-7-11-21-47(41)57-48/h1-31H. The Morgan fingerprint density at radius 1 is 0.316 bits per heavy atom. The first kappa shape index (κ1) is 31.5. The van der Waals surface area contributed by atoms with Crippen molar-refractivity contribution in [3.8, 4) is 45.5 Å². The fraction of sp³-hybridized carbons (Fsp3) is 0. The lowest BCUT2D eigenvalue weighted by Gasteiger charge is -2.12. The highest BCUT2D eigenvalue weighted by Gasteiger charge is 2.20. The van der Waals surface area contributed by atoms with Crippen molar-refractivity contribution in [3.05, 3.63) is 188 Å². The predicted octanol–water partition coefficient (Wildman–Crippen LogP) is 13.0. The summed E-state index contributed by atoms with van der Waals surface area (Å²) in [4.78, 5) is 15.7. The Labute approximate surface area is 326 Å². The first-order valence-corrected chi connectivity index (χ1v) is 19.1. The molecular weight excluding hydrogens is 699 g/mol. The molecule has 12 rings (SSSR count). The smallest absolute Gasteiger partial charge is 0.238 e. The summed E-state index contributed by atoms with van der Waals surface area (Å²) in [6, 6.07) is 65.6. The molecule has 0 aliphatic carbocycles. The van der Waals surface area contributed by atoms with Crippen LogP contribution in [0.15, 0.2) is 192 Å². The van der Waals surface area contributed by atoms with Gasteiger partial charge in [0.15, 0.2) is 11.6 Å². The summed E-state index contributed by atoms with van der Waals surface area (Å²) in [5.74, 6) is 1.77. The van der Waals surface area contributed by atoms with Crippen LogP contribution in [0, 0.1) is 0 Å². The predicted molar refractivity (Wildman–Crippen MR) is 232 cm³/mol. The maximum absolute atomic E-state index is 6.21. The van der Waals surface area contributed by atoms with Gasteiger partial charge in [0.25, 0.3) is 0 Å². The van der Waals surface area contributed by atoms with Gasteiger partial charge in [0.1, 0.15) is 11.2 Å². The zero-order valence-corrected chi connectivity index (χ0v) is 30.5. The molecule has 0 saturated heterocycles. The lowest BCUT2D eigenvalue weighted by Crippen LogP contribution is -2.06. The second-order valence-electron chi connectivity index (χ2n) is 14.5. The molecule has 12 aromatic rings. The summed E-state index contributed by atoms with van der Waals surface area (Å²) in [6.07, 6.45) is 0. The minimum Gasteiger partial charge on any atom is -0.456 e. The number of para-hydroxylation sites is 4. The first-order chi connectivity index (χ1) is 28.2. The lowest BCUT2D eigenvalue weighted by molar-refractivity contribution is 0.669. The molecule has 266 valence electrons. The normalized spacial score (nSPS) is 11.9. The average Bonchev–Trinajstić information content (AvgIpc) is 3.94. The summed E-state index contributed by atoms with van der Waals surface area (Å²) < 4.78 is 10.7. The number of nitrogens with zero attached hydrogens (tertiary/aromatic N) is 5. The van der Waals surface area contributed by atoms with Crippen LogP contribution < -0.4 is 0 Å². The molecule has 0 N–H and O–H groups in total. The van der Waals surface area contributed by atoms with E-state index in [0.717, 1.165) is 88.1 Å². The van der Waals surface area contributed by atoms with E-state index < -0.39 is 0 Å². The zero-order chi connectivity index (χ0) is 37.5. The highest BCUT2D eigenvalue weighted by atomic mass is 16.3. The Bertz CT molecular complexity index is 3470. The molecule has 0 spiro atoms. The molecule has 0 fully saturated rings. The van der Waals surface area contributed by atoms with Gasteiger partial charge in [-0.25, -0.2) is 4.98 Å². The van der Waals surface area contributed by atoms with Crippen molar-refractivity contribution in [1.29, 1.82) is 0 Å². The molecule has 4 aromatic heterocycles. The van der Waals surface area contributed by atoms with E-state index in [1.165, 1.54) is 5.39 Å². The van der Waals surface area contributed by atoms with Gasteiger partial charge in [-0.05, 0) is 59.7 Å². The van der Waals surface area contributed by atoms with E-state index in [1.54, 1.807) is 0 Å². The summed E-state index contributed by atoms with van der Waals surface area (Å²) in [5, 5.41) is 6.82. The van der Waals surface area contributed by atoms with Gasteiger partial charge in [-0.2, -0.15) is 9.97 Å². The van der Waals surface area contributed by atoms with Crippen LogP contribution in [0.3, 0.4) is 0 Å². The number of rotatable bonds is 5. The Hall–Kier alpha value is -7.83. The molecule has 8 aromatic carbocycles. The minimum absolute atomic E-state index is 0.567. The van der Waals surface area contributed by atoms with E-state index in [0.29, 0.717) is 17.6 Å². The molecule has 6 nitrogen and oxygen atoms in total. The van der Waals surface area contributed by atoms with Gasteiger partial charge in [-0.1, -0.05) is 140 Å². The fourth-order valence-electron chi connectivity index (χ4n) is 8.54. The summed E-state index contributed by atoms with van der Waals surface area (Å²) >= 11 is 0. The highest BCUT2D eigenvalue weighted by molar-refractivity contribution is 6.12. The molecule has 0 amide bonds. The lowest BCUT2D eigenvalue weighted by atomic mass is 10.0. The number of hydrogen-bond acceptors (Lipinski definition) is 4. The number of aromatic nitrogens is 5. The molecule has 57 heavy (non-hydrogen) atoms. The Morgan fingerprint density at radius 3 is 1.53 bits per heavy atom. The number of benzene rings is 8. The quantitative estimate of drug-likeness (QED) is 0.177. The number of hydrogen-bond donors (Lipinski definition) is 0. The van der Waals surface area contributed by atoms with Crippen LogP contribution in [0.5, 0.6) is 0 Å². The van der Waals surface area contributed by atoms with Crippen LogP contribution in [-0.4, -0.2) is 24.1 Å². The van der Waals surface area contributed by atoms with Crippen molar-refractivity contribution in [1.82, 2.24) is 24.1 Å². The molecule has 0 unspecified atom stereocenters. The van der Waals surface area contributed by atoms with Crippen LogP contribution in [-0.2, 0) is 0 Å². The SMILES string of the molecule is c1ccc(-c2ccc(-c3nc(-c4ccc5c6ccccc6n(-c6ccc7oc8ccccc8c7c6)c5c4)nc(-n4c5ccccc5c5ccccc54)n3)cc2)cc1. The molecule has 0 bridgehead atoms. The van der Waals surface area contributed by atoms with E-state index in [4.69, 9.17) is 19.4 Å². The number of furan rings is 1. The van der Waals surface area contributed by atoms with Gasteiger partial charge in [-0.3, -0.25) is 4.57 Å². The van der Waals surface area contributed by atoms with Gasteiger partial charge in [0.05, 0.1) is 22.1 Å². The van der Waals surface area contributed by atoms with Gasteiger partial charge < -0.3 is 8.98 Å². The van der Waals surface area contributed by atoms with E-state index >= 15 is 0 Å². The Kier molecular flexibility index (Phi) is 6.83. The van der Waals surface area contributed by atoms with Crippen LogP contribution in [0.1, 0.15) is 0 Å². The maximum Gasteiger partial charge on any atom is 0.238 e. The van der Waals surface area contributed by atoms with Crippen molar-refractivity contribution >= 4 is 65.6 Å². The maximum atomic E-state index is 6.21. The minimum atomic E-state index is 0.567. The second kappa shape index (κ2) is 12.3. The van der Waals surface area contributed by atoms with E-state index in [-0.39, 0.29) is 0 Å². The van der Waals surface area contributed by atoms with Crippen molar-refractivity contribution in [2.45, 2.75) is 0 Å². The molecule has 0 aliphatic heterocycles. The van der Waals surface area contributed by atoms with Gasteiger partial charge in [0, 0.05) is 49.1 Å². The molecule has 0 saturated carbocycles. The largest absolute Gasteiger partial charge is 0.456 e. The summed E-state index contributed by atoms with van der Waals surface area (Å²) in [7, 11) is 0. The zero-order valence-electron chi connectivity index (χ0n) is 30.5. The molecule has 4 heterocycles. The Balaban J connectivity index is 1.09. The number of fused-ring (bicyclic) bond motifs is 9. The topological polar surface area (TPSA) is 61.7 Å². The fourth-order valence-corrected chi connectivity index (χ4v) is 8.54. The monoisotopic (exact) mass is 729 g/mol. The average molecular weight is 730 g/mol. The van der Waals surface area contributed by atoms with Crippen molar-refractivity contribution in [2.24, 2.45) is 0 Å². The van der Waals surface area contributed by atoms with Gasteiger partial charge in [-0.15, -0.1) is 0 Å². The van der Waals surface area contributed by atoms with Crippen molar-refractivity contribution in [2.75, 3.05) is 0 Å². The van der Waals surface area contributed by atoms with Crippen LogP contribution >= 0.6 is 0 Å². The molecule has 0 aliphatic rings. The van der Waals surface area contributed by atoms with E-state index in [1.807, 2.05) is 18.2 Å². The van der Waals surface area contributed by atoms with Crippen LogP contribution in [0.25, 0.3) is 111 Å². The highest BCUT2D eigenvalue weighted by Crippen LogP contribution is 2.38. The van der Waals surface area contributed by atoms with Gasteiger partial charge >= 0.3 is 0 Å². The van der Waals surface area contributed by atoms with Crippen molar-refractivity contribution in [3.63, 3.8) is 0 Å². The van der Waals surface area contributed by atoms with E-state index in [9.17, 15) is 0 Å². The molecular formula is C51H31N5O. The van der Waals surface area contributed by atoms with Crippen LogP contribution in [0.2, 0.25) is 0 Å². The molecule has 6 heteroatoms. The second-order valence-corrected chi connectivity index (χ2v) is 14.5. The molecule has 0 atom stereocenters. The summed E-state index contributed by atoms with van der Waals surface area (Å²) in [5.41, 5.74) is 11.2. The first-order valence-electron chi connectivity index (χ1n) is 19.1. The Morgan fingerprint density at radius 2 is 0.825 bits per heavy atom. The van der Waals surface area contributed by atoms with Crippen molar-refractivity contribution < 1.29 is 4.42 Å². The third kappa shape index (κ3) is 4.94. The summed E-state index contributed by atoms with van der Waals surface area (Å²) in [6.45, 7) is 0. The van der Waals surface area contributed by atoms with Crippen LogP contribution in [0.4, 0.5) is 0 Å². The molecule has 0 radical (unpaired) electrons.